The van der Waals surface area contributed by atoms with Crippen molar-refractivity contribution in [1.29, 1.82) is 0 Å². The molecule has 1 aromatic carbocycles. The highest BCUT2D eigenvalue weighted by Gasteiger charge is 2.56. The first-order valence-corrected chi connectivity index (χ1v) is 9.88. The number of para-hydroxylation sites is 1. The molecule has 0 aromatic heterocycles. The van der Waals surface area contributed by atoms with Gasteiger partial charge in [0.05, 0.1) is 22.7 Å². The van der Waals surface area contributed by atoms with Crippen LogP contribution in [0.3, 0.4) is 0 Å². The lowest BCUT2D eigenvalue weighted by molar-refractivity contribution is -0.755. The fourth-order valence-electron chi connectivity index (χ4n) is 6.48. The van der Waals surface area contributed by atoms with Crippen molar-refractivity contribution < 1.29 is 14.9 Å². The number of halogens is 1. The van der Waals surface area contributed by atoms with Crippen molar-refractivity contribution in [2.75, 3.05) is 4.90 Å². The minimum absolute atomic E-state index is 0.0890. The highest BCUT2D eigenvalue weighted by atomic mass is 35.5. The summed E-state index contributed by atoms with van der Waals surface area (Å²) in [5, 5.41) is 2.74. The van der Waals surface area contributed by atoms with Crippen molar-refractivity contribution in [3.63, 3.8) is 0 Å². The summed E-state index contributed by atoms with van der Waals surface area (Å²) in [6.07, 6.45) is 8.13. The van der Waals surface area contributed by atoms with E-state index in [2.05, 4.69) is 5.32 Å². The molecular weight excluding hydrogens is 336 g/mol. The van der Waals surface area contributed by atoms with E-state index in [1.54, 1.807) is 12.1 Å². The minimum Gasteiger partial charge on any atom is -0.331 e. The van der Waals surface area contributed by atoms with E-state index in [-0.39, 0.29) is 23.4 Å². The van der Waals surface area contributed by atoms with Gasteiger partial charge in [0.1, 0.15) is 0 Å². The summed E-state index contributed by atoms with van der Waals surface area (Å²) < 4.78 is 0. The van der Waals surface area contributed by atoms with Gasteiger partial charge in [0.15, 0.2) is 6.04 Å². The molecule has 4 saturated carbocycles. The lowest BCUT2D eigenvalue weighted by atomic mass is 9.53. The number of benzene rings is 1. The van der Waals surface area contributed by atoms with Gasteiger partial charge in [0, 0.05) is 19.3 Å². The zero-order valence-electron chi connectivity index (χ0n) is 14.3. The van der Waals surface area contributed by atoms with Crippen LogP contribution < -0.4 is 10.2 Å². The summed E-state index contributed by atoms with van der Waals surface area (Å²) in [6, 6.07) is 6.84. The molecule has 5 fully saturated rings. The fraction of sp³-hybridized carbons (Fsp3) is 0.600. The summed E-state index contributed by atoms with van der Waals surface area (Å²) in [5.41, 5.74) is 0.729. The lowest BCUT2D eigenvalue weighted by Crippen LogP contribution is -3.03. The molecule has 1 heterocycles. The number of amides is 2. The zero-order chi connectivity index (χ0) is 17.2. The molecule has 5 heteroatoms. The van der Waals surface area contributed by atoms with Gasteiger partial charge in [-0.15, -0.1) is 0 Å². The third kappa shape index (κ3) is 2.53. The van der Waals surface area contributed by atoms with Gasteiger partial charge < -0.3 is 5.32 Å². The third-order valence-corrected chi connectivity index (χ3v) is 7.23. The molecule has 2 amide bonds. The van der Waals surface area contributed by atoms with Crippen LogP contribution in [0.1, 0.15) is 44.9 Å². The molecule has 0 unspecified atom stereocenters. The molecule has 0 spiro atoms. The number of quaternary nitrogens is 1. The zero-order valence-corrected chi connectivity index (χ0v) is 15.0. The monoisotopic (exact) mass is 359 g/mol. The number of carbonyl (C=O) groups excluding carboxylic acids is 2. The van der Waals surface area contributed by atoms with E-state index in [9.17, 15) is 9.59 Å². The number of carbonyl (C=O) groups is 2. The van der Waals surface area contributed by atoms with E-state index in [1.807, 2.05) is 12.1 Å². The largest absolute Gasteiger partial charge is 0.331 e. The van der Waals surface area contributed by atoms with Gasteiger partial charge in [0.25, 0.3) is 5.91 Å². The molecule has 5 aliphatic rings. The first kappa shape index (κ1) is 15.8. The summed E-state index contributed by atoms with van der Waals surface area (Å²) in [5.74, 6) is 2.32. The average molecular weight is 360 g/mol. The second-order valence-corrected chi connectivity index (χ2v) is 9.18. The van der Waals surface area contributed by atoms with Crippen molar-refractivity contribution in [3.05, 3.63) is 29.3 Å². The average Bonchev–Trinajstić information content (AvgIpc) is 2.80. The standard InChI is InChI=1S/C20H23ClN2O2/c21-15-3-1-2-4-17(15)23-18(24)8-16(19(23)25)22-20-9-12-5-13(10-20)7-14(6-12)11-20/h1-4,12-14,16,22H,5-11H2/p+1/t12?,13?,14?,16-,20?/m0/s1. The number of nitrogens with zero attached hydrogens (tertiary/aromatic N) is 1. The van der Waals surface area contributed by atoms with E-state index in [0.717, 1.165) is 17.8 Å². The molecule has 0 radical (unpaired) electrons. The minimum atomic E-state index is -0.278. The molecule has 4 bridgehead atoms. The number of imide groups is 1. The van der Waals surface area contributed by atoms with Crippen molar-refractivity contribution >= 4 is 29.1 Å². The molecule has 1 saturated heterocycles. The van der Waals surface area contributed by atoms with Crippen LogP contribution in [0.2, 0.25) is 5.02 Å². The maximum absolute atomic E-state index is 13.0. The van der Waals surface area contributed by atoms with Crippen molar-refractivity contribution in [1.82, 2.24) is 0 Å². The van der Waals surface area contributed by atoms with Crippen molar-refractivity contribution in [3.8, 4) is 0 Å². The Balaban J connectivity index is 1.38. The van der Waals surface area contributed by atoms with Gasteiger partial charge in [-0.3, -0.25) is 9.59 Å². The first-order chi connectivity index (χ1) is 12.0. The van der Waals surface area contributed by atoms with E-state index in [0.29, 0.717) is 17.1 Å². The Morgan fingerprint density at radius 1 is 1.00 bits per heavy atom. The van der Waals surface area contributed by atoms with Gasteiger partial charge in [-0.25, -0.2) is 4.90 Å². The SMILES string of the molecule is O=C1C[C@H]([NH2+]C23CC4CC(CC(C4)C2)C3)C(=O)N1c1ccccc1Cl. The normalized spacial score (nSPS) is 39.5. The maximum atomic E-state index is 13.0. The Morgan fingerprint density at radius 3 is 2.20 bits per heavy atom. The second-order valence-electron chi connectivity index (χ2n) is 8.78. The molecule has 4 nitrogen and oxygen atoms in total. The van der Waals surface area contributed by atoms with E-state index >= 15 is 0 Å². The molecule has 1 atom stereocenters. The highest BCUT2D eigenvalue weighted by molar-refractivity contribution is 6.36. The Bertz CT molecular complexity index is 712. The summed E-state index contributed by atoms with van der Waals surface area (Å²) in [6.45, 7) is 0. The van der Waals surface area contributed by atoms with Crippen LogP contribution in [0, 0.1) is 17.8 Å². The predicted octanol–water partition coefficient (Wildman–Crippen LogP) is 2.50. The molecule has 25 heavy (non-hydrogen) atoms. The fourth-order valence-corrected chi connectivity index (χ4v) is 6.70. The van der Waals surface area contributed by atoms with Gasteiger partial charge >= 0.3 is 0 Å². The molecule has 6 rings (SSSR count). The summed E-state index contributed by atoms with van der Waals surface area (Å²) >= 11 is 6.23. The number of anilines is 1. The van der Waals surface area contributed by atoms with Gasteiger partial charge in [-0.05, 0) is 49.1 Å². The second kappa shape index (κ2) is 5.55. The van der Waals surface area contributed by atoms with Crippen LogP contribution in [0.15, 0.2) is 24.3 Å². The van der Waals surface area contributed by atoms with Crippen molar-refractivity contribution in [2.24, 2.45) is 17.8 Å². The smallest absolute Gasteiger partial charge is 0.292 e. The van der Waals surface area contributed by atoms with Crippen molar-refractivity contribution in [2.45, 2.75) is 56.5 Å². The van der Waals surface area contributed by atoms with Gasteiger partial charge in [-0.2, -0.15) is 0 Å². The molecule has 1 aliphatic heterocycles. The topological polar surface area (TPSA) is 54.0 Å². The number of nitrogens with two attached hydrogens (primary N) is 1. The number of rotatable bonds is 3. The molecule has 132 valence electrons. The quantitative estimate of drug-likeness (QED) is 0.843. The predicted molar refractivity (Wildman–Crippen MR) is 95.2 cm³/mol. The first-order valence-electron chi connectivity index (χ1n) is 9.50. The summed E-state index contributed by atoms with van der Waals surface area (Å²) in [4.78, 5) is 26.9. The molecule has 4 aliphatic carbocycles. The Hall–Kier alpha value is -1.39. The number of hydrogen-bond acceptors (Lipinski definition) is 2. The van der Waals surface area contributed by atoms with Crippen LogP contribution >= 0.6 is 11.6 Å². The Morgan fingerprint density at radius 2 is 1.60 bits per heavy atom. The Labute approximate surface area is 152 Å². The molecule has 1 aromatic rings. The highest BCUT2D eigenvalue weighted by Crippen LogP contribution is 2.54. The maximum Gasteiger partial charge on any atom is 0.292 e. The molecular formula is C20H24ClN2O2+. The van der Waals surface area contributed by atoms with Crippen LogP contribution in [0.5, 0.6) is 0 Å². The molecule has 2 N–H and O–H groups in total. The van der Waals surface area contributed by atoms with Gasteiger partial charge in [-0.1, -0.05) is 23.7 Å². The lowest BCUT2D eigenvalue weighted by Gasteiger charge is -2.55. The van der Waals surface area contributed by atoms with E-state index < -0.39 is 0 Å². The van der Waals surface area contributed by atoms with Crippen LogP contribution in [0.4, 0.5) is 5.69 Å². The van der Waals surface area contributed by atoms with Gasteiger partial charge in [0.2, 0.25) is 5.91 Å². The van der Waals surface area contributed by atoms with E-state index in [1.165, 1.54) is 43.4 Å². The van der Waals surface area contributed by atoms with Crippen LogP contribution in [-0.2, 0) is 9.59 Å². The van der Waals surface area contributed by atoms with E-state index in [4.69, 9.17) is 11.6 Å². The van der Waals surface area contributed by atoms with Crippen LogP contribution in [0.25, 0.3) is 0 Å². The number of hydrogen-bond donors (Lipinski definition) is 1. The summed E-state index contributed by atoms with van der Waals surface area (Å²) in [7, 11) is 0. The Kier molecular flexibility index (Phi) is 3.52. The third-order valence-electron chi connectivity index (χ3n) is 6.92. The van der Waals surface area contributed by atoms with Crippen LogP contribution in [-0.4, -0.2) is 23.4 Å².